The highest BCUT2D eigenvalue weighted by molar-refractivity contribution is 6.05. The summed E-state index contributed by atoms with van der Waals surface area (Å²) in [5, 5.41) is 2.90. The Morgan fingerprint density at radius 1 is 1.17 bits per heavy atom. The number of ether oxygens (including phenoxy) is 1. The highest BCUT2D eigenvalue weighted by Gasteiger charge is 2.09. The fraction of sp³-hybridized carbons (Fsp3) is 0.222. The van der Waals surface area contributed by atoms with Gasteiger partial charge < -0.3 is 14.6 Å². The number of benzene rings is 2. The van der Waals surface area contributed by atoms with Crippen LogP contribution in [0.2, 0.25) is 0 Å². The summed E-state index contributed by atoms with van der Waals surface area (Å²) in [5.41, 5.74) is 3.24. The van der Waals surface area contributed by atoms with Gasteiger partial charge in [0.25, 0.3) is 5.91 Å². The molecule has 0 fully saturated rings. The number of hydrogen-bond acceptors (Lipinski definition) is 3. The second-order valence-corrected chi connectivity index (χ2v) is 5.63. The third kappa shape index (κ3) is 3.04. The SMILES string of the molecule is COc1ccc(C(=O)Nc2ccc3c(c2)ncn3C(C)C)cc1. The molecule has 0 spiro atoms. The fourth-order valence-corrected chi connectivity index (χ4v) is 2.47. The first kappa shape index (κ1) is 15.1. The molecule has 118 valence electrons. The van der Waals surface area contributed by atoms with Gasteiger partial charge in [0, 0.05) is 17.3 Å². The van der Waals surface area contributed by atoms with Gasteiger partial charge in [0.2, 0.25) is 0 Å². The van der Waals surface area contributed by atoms with Gasteiger partial charge in [-0.2, -0.15) is 0 Å². The molecule has 5 nitrogen and oxygen atoms in total. The number of imidazole rings is 1. The molecule has 0 bridgehead atoms. The molecule has 23 heavy (non-hydrogen) atoms. The van der Waals surface area contributed by atoms with E-state index in [1.165, 1.54) is 0 Å². The average molecular weight is 309 g/mol. The van der Waals surface area contributed by atoms with Crippen LogP contribution in [-0.2, 0) is 0 Å². The number of methoxy groups -OCH3 is 1. The highest BCUT2D eigenvalue weighted by atomic mass is 16.5. The van der Waals surface area contributed by atoms with Gasteiger partial charge in [0.1, 0.15) is 5.75 Å². The van der Waals surface area contributed by atoms with Crippen molar-refractivity contribution >= 4 is 22.6 Å². The van der Waals surface area contributed by atoms with E-state index < -0.39 is 0 Å². The van der Waals surface area contributed by atoms with Crippen molar-refractivity contribution in [3.63, 3.8) is 0 Å². The predicted octanol–water partition coefficient (Wildman–Crippen LogP) is 3.88. The third-order valence-electron chi connectivity index (χ3n) is 3.74. The topological polar surface area (TPSA) is 56.1 Å². The third-order valence-corrected chi connectivity index (χ3v) is 3.74. The van der Waals surface area contributed by atoms with Gasteiger partial charge in [-0.15, -0.1) is 0 Å². The first-order chi connectivity index (χ1) is 11.1. The second-order valence-electron chi connectivity index (χ2n) is 5.63. The first-order valence-corrected chi connectivity index (χ1v) is 7.50. The van der Waals surface area contributed by atoms with E-state index in [0.717, 1.165) is 22.5 Å². The van der Waals surface area contributed by atoms with Gasteiger partial charge in [-0.05, 0) is 56.3 Å². The molecule has 0 aliphatic carbocycles. The van der Waals surface area contributed by atoms with Gasteiger partial charge in [-0.3, -0.25) is 4.79 Å². The first-order valence-electron chi connectivity index (χ1n) is 7.50. The zero-order chi connectivity index (χ0) is 16.4. The summed E-state index contributed by atoms with van der Waals surface area (Å²) in [4.78, 5) is 16.7. The number of amides is 1. The van der Waals surface area contributed by atoms with E-state index in [0.29, 0.717) is 11.6 Å². The van der Waals surface area contributed by atoms with Crippen molar-refractivity contribution in [1.82, 2.24) is 9.55 Å². The Hall–Kier alpha value is -2.82. The number of nitrogens with zero attached hydrogens (tertiary/aromatic N) is 2. The normalized spacial score (nSPS) is 11.0. The molecule has 0 saturated carbocycles. The van der Waals surface area contributed by atoms with E-state index in [-0.39, 0.29) is 5.91 Å². The van der Waals surface area contributed by atoms with Crippen molar-refractivity contribution in [3.05, 3.63) is 54.4 Å². The number of aromatic nitrogens is 2. The minimum atomic E-state index is -0.157. The van der Waals surface area contributed by atoms with E-state index in [9.17, 15) is 4.79 Å². The summed E-state index contributed by atoms with van der Waals surface area (Å²) in [6.45, 7) is 4.22. The largest absolute Gasteiger partial charge is 0.497 e. The Morgan fingerprint density at radius 3 is 2.57 bits per heavy atom. The summed E-state index contributed by atoms with van der Waals surface area (Å²) in [7, 11) is 1.60. The number of hydrogen-bond donors (Lipinski definition) is 1. The van der Waals surface area contributed by atoms with Crippen molar-refractivity contribution < 1.29 is 9.53 Å². The average Bonchev–Trinajstić information content (AvgIpc) is 2.98. The summed E-state index contributed by atoms with van der Waals surface area (Å²) < 4.78 is 7.20. The van der Waals surface area contributed by atoms with E-state index in [4.69, 9.17) is 4.74 Å². The lowest BCUT2D eigenvalue weighted by Crippen LogP contribution is -2.11. The van der Waals surface area contributed by atoms with Crippen molar-refractivity contribution in [1.29, 1.82) is 0 Å². The Balaban J connectivity index is 1.81. The van der Waals surface area contributed by atoms with Crippen LogP contribution in [0.5, 0.6) is 5.75 Å². The lowest BCUT2D eigenvalue weighted by molar-refractivity contribution is 0.102. The second kappa shape index (κ2) is 6.12. The Labute approximate surface area is 134 Å². The monoisotopic (exact) mass is 309 g/mol. The molecule has 0 atom stereocenters. The van der Waals surface area contributed by atoms with Crippen molar-refractivity contribution in [2.24, 2.45) is 0 Å². The van der Waals surface area contributed by atoms with Crippen molar-refractivity contribution in [2.75, 3.05) is 12.4 Å². The molecule has 2 aromatic carbocycles. The van der Waals surface area contributed by atoms with E-state index >= 15 is 0 Å². The molecular formula is C18H19N3O2. The maximum atomic E-state index is 12.3. The van der Waals surface area contributed by atoms with Crippen LogP contribution in [-0.4, -0.2) is 22.6 Å². The van der Waals surface area contributed by atoms with Gasteiger partial charge in [0.15, 0.2) is 0 Å². The fourth-order valence-electron chi connectivity index (χ4n) is 2.47. The summed E-state index contributed by atoms with van der Waals surface area (Å²) in [6, 6.07) is 13.1. The van der Waals surface area contributed by atoms with Crippen LogP contribution in [0.1, 0.15) is 30.2 Å². The Kier molecular flexibility index (Phi) is 4.02. The molecule has 5 heteroatoms. The number of anilines is 1. The molecule has 3 aromatic rings. The van der Waals surface area contributed by atoms with Crippen molar-refractivity contribution in [2.45, 2.75) is 19.9 Å². The summed E-state index contributed by atoms with van der Waals surface area (Å²) in [6.07, 6.45) is 1.82. The van der Waals surface area contributed by atoms with E-state index in [1.807, 2.05) is 24.5 Å². The Bertz CT molecular complexity index is 835. The standard InChI is InChI=1S/C18H19N3O2/c1-12(2)21-11-19-16-10-14(6-9-17(16)21)20-18(22)13-4-7-15(23-3)8-5-13/h4-12H,1-3H3,(H,20,22). The minimum Gasteiger partial charge on any atom is -0.497 e. The van der Waals surface area contributed by atoms with Gasteiger partial charge in [0.05, 0.1) is 24.5 Å². The molecule has 1 amide bonds. The molecule has 1 N–H and O–H groups in total. The molecule has 0 aliphatic heterocycles. The molecule has 0 unspecified atom stereocenters. The summed E-state index contributed by atoms with van der Waals surface area (Å²) in [5.74, 6) is 0.567. The maximum Gasteiger partial charge on any atom is 0.255 e. The molecule has 1 heterocycles. The van der Waals surface area contributed by atoms with E-state index in [1.54, 1.807) is 31.4 Å². The lowest BCUT2D eigenvalue weighted by atomic mass is 10.2. The predicted molar refractivity (Wildman–Crippen MR) is 91.1 cm³/mol. The Morgan fingerprint density at radius 2 is 1.91 bits per heavy atom. The van der Waals surface area contributed by atoms with Crippen LogP contribution in [0.4, 0.5) is 5.69 Å². The van der Waals surface area contributed by atoms with Crippen LogP contribution in [0.25, 0.3) is 11.0 Å². The number of rotatable bonds is 4. The highest BCUT2D eigenvalue weighted by Crippen LogP contribution is 2.21. The molecule has 0 radical (unpaired) electrons. The molecule has 1 aromatic heterocycles. The zero-order valence-electron chi connectivity index (χ0n) is 13.4. The van der Waals surface area contributed by atoms with Gasteiger partial charge >= 0.3 is 0 Å². The minimum absolute atomic E-state index is 0.157. The number of carbonyl (C=O) groups excluding carboxylic acids is 1. The number of fused-ring (bicyclic) bond motifs is 1. The van der Waals surface area contributed by atoms with Crippen LogP contribution in [0, 0.1) is 0 Å². The smallest absolute Gasteiger partial charge is 0.255 e. The number of nitrogens with one attached hydrogen (secondary N) is 1. The number of carbonyl (C=O) groups is 1. The van der Waals surface area contributed by atoms with Crippen LogP contribution in [0.15, 0.2) is 48.8 Å². The van der Waals surface area contributed by atoms with Crippen molar-refractivity contribution in [3.8, 4) is 5.75 Å². The zero-order valence-corrected chi connectivity index (χ0v) is 13.4. The molecular weight excluding hydrogens is 290 g/mol. The van der Waals surface area contributed by atoms with E-state index in [2.05, 4.69) is 28.7 Å². The molecule has 0 aliphatic rings. The quantitative estimate of drug-likeness (QED) is 0.795. The van der Waals surface area contributed by atoms with Gasteiger partial charge in [-0.1, -0.05) is 0 Å². The molecule has 3 rings (SSSR count). The molecule has 0 saturated heterocycles. The maximum absolute atomic E-state index is 12.3. The summed E-state index contributed by atoms with van der Waals surface area (Å²) >= 11 is 0. The van der Waals surface area contributed by atoms with Crippen LogP contribution < -0.4 is 10.1 Å². The van der Waals surface area contributed by atoms with Gasteiger partial charge in [-0.25, -0.2) is 4.98 Å². The van der Waals surface area contributed by atoms with Crippen LogP contribution in [0.3, 0.4) is 0 Å². The van der Waals surface area contributed by atoms with Crippen LogP contribution >= 0.6 is 0 Å². The lowest BCUT2D eigenvalue weighted by Gasteiger charge is -2.09.